The average Bonchev–Trinajstić information content (AvgIpc) is 3.21. The lowest BCUT2D eigenvalue weighted by Gasteiger charge is -2.27. The van der Waals surface area contributed by atoms with E-state index in [2.05, 4.69) is 5.32 Å². The highest BCUT2D eigenvalue weighted by molar-refractivity contribution is 7.92. The summed E-state index contributed by atoms with van der Waals surface area (Å²) in [4.78, 5) is 23.0. The first kappa shape index (κ1) is 19.4. The fraction of sp³-hybridized carbons (Fsp3) is 0.588. The van der Waals surface area contributed by atoms with Crippen molar-refractivity contribution in [2.24, 2.45) is 11.8 Å². The van der Waals surface area contributed by atoms with E-state index < -0.39 is 27.4 Å². The summed E-state index contributed by atoms with van der Waals surface area (Å²) in [7, 11) is -2.53. The van der Waals surface area contributed by atoms with Gasteiger partial charge in [-0.15, -0.1) is 0 Å². The Kier molecular flexibility index (Phi) is 5.27. The second-order valence-corrected chi connectivity index (χ2v) is 9.14. The highest BCUT2D eigenvalue weighted by Gasteiger charge is 2.40. The van der Waals surface area contributed by atoms with Crippen LogP contribution >= 0.6 is 0 Å². The van der Waals surface area contributed by atoms with Crippen LogP contribution in [0.3, 0.4) is 0 Å². The highest BCUT2D eigenvalue weighted by Crippen LogP contribution is 2.44. The normalized spacial score (nSPS) is 23.9. The van der Waals surface area contributed by atoms with Crippen molar-refractivity contribution in [3.05, 3.63) is 28.3 Å². The minimum atomic E-state index is -3.86. The number of hydrogen-bond donors (Lipinski definition) is 1. The van der Waals surface area contributed by atoms with Gasteiger partial charge in [-0.2, -0.15) is 0 Å². The Balaban J connectivity index is 1.83. The number of methoxy groups -OCH3 is 1. The Bertz CT molecular complexity index is 856. The molecular weight excluding hydrogens is 374 g/mol. The van der Waals surface area contributed by atoms with E-state index in [-0.39, 0.29) is 23.2 Å². The molecule has 2 saturated carbocycles. The zero-order valence-electron chi connectivity index (χ0n) is 15.3. The number of nitro benzene ring substituents is 1. The third kappa shape index (κ3) is 4.15. The number of hydrogen-bond acceptors (Lipinski definition) is 6. The van der Waals surface area contributed by atoms with Crippen LogP contribution < -0.4 is 14.4 Å². The number of non-ortho nitro benzene ring substituents is 1. The number of sulfonamides is 1. The van der Waals surface area contributed by atoms with Gasteiger partial charge in [0.15, 0.2) is 0 Å². The summed E-state index contributed by atoms with van der Waals surface area (Å²) in [5.74, 6) is 0.812. The number of amides is 1. The van der Waals surface area contributed by atoms with Gasteiger partial charge in [0.2, 0.25) is 15.9 Å². The Hall–Kier alpha value is -2.36. The number of nitro groups is 1. The van der Waals surface area contributed by atoms with Crippen molar-refractivity contribution in [3.63, 3.8) is 0 Å². The molecule has 0 radical (unpaired) electrons. The molecule has 0 heterocycles. The molecule has 0 unspecified atom stereocenters. The first-order valence-electron chi connectivity index (χ1n) is 8.78. The number of fused-ring (bicyclic) bond motifs is 2. The molecular formula is C17H23N3O6S. The van der Waals surface area contributed by atoms with Crippen LogP contribution in [0.1, 0.15) is 25.7 Å². The molecule has 0 aromatic heterocycles. The molecule has 148 valence electrons. The molecule has 0 saturated heterocycles. The average molecular weight is 397 g/mol. The van der Waals surface area contributed by atoms with E-state index in [9.17, 15) is 23.3 Å². The van der Waals surface area contributed by atoms with Crippen LogP contribution in [0.4, 0.5) is 11.4 Å². The molecule has 2 fully saturated rings. The lowest BCUT2D eigenvalue weighted by Crippen LogP contribution is -2.45. The van der Waals surface area contributed by atoms with E-state index in [1.807, 2.05) is 0 Å². The first-order chi connectivity index (χ1) is 12.7. The molecule has 2 aliphatic rings. The fourth-order valence-electron chi connectivity index (χ4n) is 4.17. The van der Waals surface area contributed by atoms with Crippen LogP contribution in [0.15, 0.2) is 18.2 Å². The second kappa shape index (κ2) is 7.34. The van der Waals surface area contributed by atoms with Crippen LogP contribution in [0.25, 0.3) is 0 Å². The van der Waals surface area contributed by atoms with E-state index in [1.54, 1.807) is 0 Å². The summed E-state index contributed by atoms with van der Waals surface area (Å²) < 4.78 is 30.6. The number of carbonyl (C=O) groups excluding carboxylic acids is 1. The number of ether oxygens (including phenoxy) is 1. The predicted octanol–water partition coefficient (Wildman–Crippen LogP) is 1.67. The summed E-state index contributed by atoms with van der Waals surface area (Å²) in [5, 5.41) is 14.0. The maximum absolute atomic E-state index is 12.5. The van der Waals surface area contributed by atoms with E-state index in [0.717, 1.165) is 35.9 Å². The van der Waals surface area contributed by atoms with Gasteiger partial charge in [0, 0.05) is 18.2 Å². The molecule has 1 aromatic carbocycles. The van der Waals surface area contributed by atoms with Crippen LogP contribution in [-0.4, -0.2) is 45.2 Å². The molecule has 3 atom stereocenters. The van der Waals surface area contributed by atoms with Gasteiger partial charge < -0.3 is 10.1 Å². The van der Waals surface area contributed by atoms with Crippen molar-refractivity contribution < 1.29 is 22.9 Å². The van der Waals surface area contributed by atoms with Crippen LogP contribution in [0.5, 0.6) is 5.75 Å². The third-order valence-corrected chi connectivity index (χ3v) is 6.54. The van der Waals surface area contributed by atoms with E-state index in [1.165, 1.54) is 25.7 Å². The van der Waals surface area contributed by atoms with Gasteiger partial charge >= 0.3 is 0 Å². The Morgan fingerprint density at radius 2 is 2.11 bits per heavy atom. The highest BCUT2D eigenvalue weighted by atomic mass is 32.2. The summed E-state index contributed by atoms with van der Waals surface area (Å²) in [5.41, 5.74) is -0.315. The molecule has 3 rings (SSSR count). The van der Waals surface area contributed by atoms with Crippen molar-refractivity contribution in [1.29, 1.82) is 0 Å². The Morgan fingerprint density at radius 1 is 1.37 bits per heavy atom. The van der Waals surface area contributed by atoms with Gasteiger partial charge in [-0.3, -0.25) is 19.2 Å². The standard InChI is InChI=1S/C17H23N3O6S/c1-26-16-6-5-13(20(22)23)9-15(16)19(27(2,24)25)10-17(21)18-14-8-11-3-4-12(14)7-11/h5-6,9,11-12,14H,3-4,7-8,10H2,1-2H3,(H,18,21)/t11-,12+,14+/m1/s1. The molecule has 0 spiro atoms. The van der Waals surface area contributed by atoms with Gasteiger partial charge in [-0.25, -0.2) is 8.42 Å². The topological polar surface area (TPSA) is 119 Å². The second-order valence-electron chi connectivity index (χ2n) is 7.23. The Morgan fingerprint density at radius 3 is 2.63 bits per heavy atom. The number of anilines is 1. The zero-order chi connectivity index (χ0) is 19.8. The van der Waals surface area contributed by atoms with Crippen LogP contribution in [-0.2, 0) is 14.8 Å². The number of nitrogens with one attached hydrogen (secondary N) is 1. The van der Waals surface area contributed by atoms with Crippen molar-refractivity contribution in [1.82, 2.24) is 5.32 Å². The van der Waals surface area contributed by atoms with E-state index >= 15 is 0 Å². The number of rotatable bonds is 7. The van der Waals surface area contributed by atoms with Gasteiger partial charge in [-0.05, 0) is 37.2 Å². The van der Waals surface area contributed by atoms with E-state index in [0.29, 0.717) is 11.8 Å². The first-order valence-corrected chi connectivity index (χ1v) is 10.6. The molecule has 0 aliphatic heterocycles. The molecule has 2 bridgehead atoms. The predicted molar refractivity (Wildman–Crippen MR) is 99.2 cm³/mol. The Labute approximate surface area is 157 Å². The summed E-state index contributed by atoms with van der Waals surface area (Å²) >= 11 is 0. The maximum atomic E-state index is 12.5. The zero-order valence-corrected chi connectivity index (χ0v) is 16.1. The number of benzene rings is 1. The molecule has 27 heavy (non-hydrogen) atoms. The van der Waals surface area contributed by atoms with Crippen LogP contribution in [0, 0.1) is 22.0 Å². The summed E-state index contributed by atoms with van der Waals surface area (Å²) in [6.07, 6.45) is 5.27. The fourth-order valence-corrected chi connectivity index (χ4v) is 5.02. The minimum absolute atomic E-state index is 0.0303. The third-order valence-electron chi connectivity index (χ3n) is 5.41. The minimum Gasteiger partial charge on any atom is -0.495 e. The van der Waals surface area contributed by atoms with Gasteiger partial charge in [0.25, 0.3) is 5.69 Å². The van der Waals surface area contributed by atoms with Crippen molar-refractivity contribution in [2.45, 2.75) is 31.7 Å². The SMILES string of the molecule is COc1ccc([N+](=O)[O-])cc1N(CC(=O)N[C@H]1C[C@@H]2CC[C@H]1C2)S(C)(=O)=O. The number of carbonyl (C=O) groups is 1. The van der Waals surface area contributed by atoms with Gasteiger partial charge in [0.1, 0.15) is 18.0 Å². The summed E-state index contributed by atoms with van der Waals surface area (Å²) in [6.45, 7) is -0.454. The van der Waals surface area contributed by atoms with Crippen molar-refractivity contribution >= 4 is 27.3 Å². The van der Waals surface area contributed by atoms with Gasteiger partial charge in [-0.1, -0.05) is 6.42 Å². The molecule has 1 N–H and O–H groups in total. The molecule has 1 amide bonds. The smallest absolute Gasteiger partial charge is 0.271 e. The van der Waals surface area contributed by atoms with Crippen molar-refractivity contribution in [3.8, 4) is 5.75 Å². The maximum Gasteiger partial charge on any atom is 0.271 e. The largest absolute Gasteiger partial charge is 0.495 e. The molecule has 1 aromatic rings. The molecule has 2 aliphatic carbocycles. The number of nitrogens with zero attached hydrogens (tertiary/aromatic N) is 2. The molecule has 10 heteroatoms. The lowest BCUT2D eigenvalue weighted by atomic mass is 9.95. The van der Waals surface area contributed by atoms with Gasteiger partial charge in [0.05, 0.1) is 18.3 Å². The van der Waals surface area contributed by atoms with Crippen molar-refractivity contribution in [2.75, 3.05) is 24.2 Å². The lowest BCUT2D eigenvalue weighted by molar-refractivity contribution is -0.384. The monoisotopic (exact) mass is 397 g/mol. The molecule has 9 nitrogen and oxygen atoms in total. The quantitative estimate of drug-likeness (QED) is 0.552. The van der Waals surface area contributed by atoms with Crippen LogP contribution in [0.2, 0.25) is 0 Å². The summed E-state index contributed by atoms with van der Waals surface area (Å²) in [6, 6.07) is 3.71. The van der Waals surface area contributed by atoms with E-state index in [4.69, 9.17) is 4.74 Å².